The Bertz CT molecular complexity index is 196. The van der Waals surface area contributed by atoms with Crippen LogP contribution in [-0.4, -0.2) is 24.1 Å². The highest BCUT2D eigenvalue weighted by Gasteiger charge is 2.15. The SMILES string of the molecule is CCSCC(C)NCCCC(C)(C)C#N. The van der Waals surface area contributed by atoms with Crippen LogP contribution >= 0.6 is 11.8 Å². The van der Waals surface area contributed by atoms with Crippen LogP contribution in [0.2, 0.25) is 0 Å². The predicted octanol–water partition coefficient (Wildman–Crippen LogP) is 3.05. The molecule has 1 unspecified atom stereocenters. The van der Waals surface area contributed by atoms with E-state index >= 15 is 0 Å². The molecule has 3 heteroatoms. The zero-order valence-electron chi connectivity index (χ0n) is 10.5. The zero-order valence-corrected chi connectivity index (χ0v) is 11.3. The van der Waals surface area contributed by atoms with E-state index < -0.39 is 0 Å². The molecule has 0 bridgehead atoms. The average Bonchev–Trinajstić information content (AvgIpc) is 2.21. The van der Waals surface area contributed by atoms with Gasteiger partial charge in [0.25, 0.3) is 0 Å². The second-order valence-corrected chi connectivity index (χ2v) is 5.93. The first-order chi connectivity index (χ1) is 7.02. The van der Waals surface area contributed by atoms with Crippen molar-refractivity contribution >= 4 is 11.8 Å². The normalized spacial score (nSPS) is 13.5. The van der Waals surface area contributed by atoms with Gasteiger partial charge >= 0.3 is 0 Å². The molecule has 0 amide bonds. The van der Waals surface area contributed by atoms with E-state index in [1.165, 1.54) is 11.5 Å². The summed E-state index contributed by atoms with van der Waals surface area (Å²) in [6.45, 7) is 9.44. The Morgan fingerprint density at radius 2 is 2.13 bits per heavy atom. The molecule has 2 nitrogen and oxygen atoms in total. The van der Waals surface area contributed by atoms with Crippen LogP contribution in [0.15, 0.2) is 0 Å². The van der Waals surface area contributed by atoms with Crippen LogP contribution in [0.1, 0.15) is 40.5 Å². The molecule has 0 radical (unpaired) electrons. The first-order valence-electron chi connectivity index (χ1n) is 5.74. The molecule has 88 valence electrons. The number of nitrogens with zero attached hydrogens (tertiary/aromatic N) is 1. The minimum atomic E-state index is -0.164. The largest absolute Gasteiger partial charge is 0.313 e. The first-order valence-corrected chi connectivity index (χ1v) is 6.89. The standard InChI is InChI=1S/C12H24N2S/c1-5-15-9-11(2)14-8-6-7-12(3,4)10-13/h11,14H,5-9H2,1-4H3. The van der Waals surface area contributed by atoms with Crippen molar-refractivity contribution in [3.63, 3.8) is 0 Å². The van der Waals surface area contributed by atoms with Gasteiger partial charge in [-0.3, -0.25) is 0 Å². The van der Waals surface area contributed by atoms with Crippen molar-refractivity contribution in [2.45, 2.75) is 46.6 Å². The van der Waals surface area contributed by atoms with Gasteiger partial charge in [0, 0.05) is 11.8 Å². The summed E-state index contributed by atoms with van der Waals surface area (Å²) in [7, 11) is 0. The lowest BCUT2D eigenvalue weighted by atomic mass is 9.90. The Morgan fingerprint density at radius 3 is 2.67 bits per heavy atom. The predicted molar refractivity (Wildman–Crippen MR) is 69.1 cm³/mol. The molecule has 1 atom stereocenters. The van der Waals surface area contributed by atoms with E-state index in [2.05, 4.69) is 25.2 Å². The molecule has 0 saturated carbocycles. The topological polar surface area (TPSA) is 35.8 Å². The van der Waals surface area contributed by atoms with Crippen LogP contribution in [0.5, 0.6) is 0 Å². The molecule has 0 aliphatic rings. The van der Waals surface area contributed by atoms with Gasteiger partial charge in [0.05, 0.1) is 11.5 Å². The Morgan fingerprint density at radius 1 is 1.47 bits per heavy atom. The molecule has 0 heterocycles. The number of hydrogen-bond acceptors (Lipinski definition) is 3. The number of rotatable bonds is 8. The van der Waals surface area contributed by atoms with Crippen LogP contribution in [0.3, 0.4) is 0 Å². The monoisotopic (exact) mass is 228 g/mol. The fourth-order valence-electron chi connectivity index (χ4n) is 1.29. The Kier molecular flexibility index (Phi) is 7.90. The molecule has 0 aliphatic carbocycles. The van der Waals surface area contributed by atoms with Crippen LogP contribution in [0.4, 0.5) is 0 Å². The molecular formula is C12H24N2S. The number of hydrogen-bond donors (Lipinski definition) is 1. The van der Waals surface area contributed by atoms with Crippen LogP contribution in [0.25, 0.3) is 0 Å². The third-order valence-electron chi connectivity index (χ3n) is 2.35. The maximum absolute atomic E-state index is 8.84. The van der Waals surface area contributed by atoms with E-state index in [1.54, 1.807) is 0 Å². The molecule has 0 aliphatic heterocycles. The van der Waals surface area contributed by atoms with E-state index in [0.717, 1.165) is 19.4 Å². The van der Waals surface area contributed by atoms with Gasteiger partial charge in [-0.25, -0.2) is 0 Å². The molecule has 0 fully saturated rings. The summed E-state index contributed by atoms with van der Waals surface area (Å²) < 4.78 is 0. The average molecular weight is 228 g/mol. The van der Waals surface area contributed by atoms with Gasteiger partial charge in [-0.2, -0.15) is 17.0 Å². The number of thioether (sulfide) groups is 1. The van der Waals surface area contributed by atoms with E-state index in [1.807, 2.05) is 25.6 Å². The van der Waals surface area contributed by atoms with E-state index in [-0.39, 0.29) is 5.41 Å². The summed E-state index contributed by atoms with van der Waals surface area (Å²) in [5.74, 6) is 2.37. The Labute approximate surface area is 98.8 Å². The van der Waals surface area contributed by atoms with Gasteiger partial charge in [0.1, 0.15) is 0 Å². The van der Waals surface area contributed by atoms with Crippen LogP contribution in [0, 0.1) is 16.7 Å². The van der Waals surface area contributed by atoms with Crippen molar-refractivity contribution in [2.24, 2.45) is 5.41 Å². The van der Waals surface area contributed by atoms with Crippen LogP contribution in [-0.2, 0) is 0 Å². The van der Waals surface area contributed by atoms with E-state index in [4.69, 9.17) is 5.26 Å². The fraction of sp³-hybridized carbons (Fsp3) is 0.917. The van der Waals surface area contributed by atoms with Gasteiger partial charge in [0.15, 0.2) is 0 Å². The fourth-order valence-corrected chi connectivity index (χ4v) is 2.00. The summed E-state index contributed by atoms with van der Waals surface area (Å²) in [5, 5.41) is 12.3. The highest BCUT2D eigenvalue weighted by atomic mass is 32.2. The van der Waals surface area contributed by atoms with Gasteiger partial charge in [-0.15, -0.1) is 0 Å². The lowest BCUT2D eigenvalue weighted by Gasteiger charge is -2.17. The third kappa shape index (κ3) is 8.77. The smallest absolute Gasteiger partial charge is 0.0683 e. The minimum absolute atomic E-state index is 0.164. The van der Waals surface area contributed by atoms with Crippen molar-refractivity contribution in [1.29, 1.82) is 5.26 Å². The highest BCUT2D eigenvalue weighted by molar-refractivity contribution is 7.99. The Hall–Kier alpha value is -0.200. The number of nitrogens with one attached hydrogen (secondary N) is 1. The summed E-state index contributed by atoms with van der Waals surface area (Å²) in [5.41, 5.74) is -0.164. The molecule has 1 N–H and O–H groups in total. The zero-order chi connectivity index (χ0) is 11.7. The third-order valence-corrected chi connectivity index (χ3v) is 3.49. The van der Waals surface area contributed by atoms with Crippen molar-refractivity contribution in [3.8, 4) is 6.07 Å². The first kappa shape index (κ1) is 14.8. The summed E-state index contributed by atoms with van der Waals surface area (Å²) in [6, 6.07) is 2.92. The molecule has 0 aromatic heterocycles. The van der Waals surface area contributed by atoms with E-state index in [9.17, 15) is 0 Å². The van der Waals surface area contributed by atoms with Gasteiger partial charge in [-0.1, -0.05) is 6.92 Å². The second kappa shape index (κ2) is 8.01. The molecule has 0 rings (SSSR count). The molecular weight excluding hydrogens is 204 g/mol. The molecule has 0 aromatic carbocycles. The van der Waals surface area contributed by atoms with Crippen molar-refractivity contribution < 1.29 is 0 Å². The minimum Gasteiger partial charge on any atom is -0.313 e. The lowest BCUT2D eigenvalue weighted by molar-refractivity contribution is 0.420. The van der Waals surface area contributed by atoms with Gasteiger partial charge in [0.2, 0.25) is 0 Å². The molecule has 0 aromatic rings. The van der Waals surface area contributed by atoms with Crippen molar-refractivity contribution in [1.82, 2.24) is 5.32 Å². The highest BCUT2D eigenvalue weighted by Crippen LogP contribution is 2.19. The second-order valence-electron chi connectivity index (χ2n) is 4.61. The maximum atomic E-state index is 8.84. The molecule has 15 heavy (non-hydrogen) atoms. The number of nitriles is 1. The van der Waals surface area contributed by atoms with Gasteiger partial charge in [-0.05, 0) is 45.9 Å². The maximum Gasteiger partial charge on any atom is 0.0683 e. The molecule has 0 spiro atoms. The molecule has 0 saturated heterocycles. The van der Waals surface area contributed by atoms with Crippen LogP contribution < -0.4 is 5.32 Å². The van der Waals surface area contributed by atoms with Crippen molar-refractivity contribution in [3.05, 3.63) is 0 Å². The lowest BCUT2D eigenvalue weighted by Crippen LogP contribution is -2.29. The van der Waals surface area contributed by atoms with Gasteiger partial charge < -0.3 is 5.32 Å². The van der Waals surface area contributed by atoms with Crippen molar-refractivity contribution in [2.75, 3.05) is 18.1 Å². The summed E-state index contributed by atoms with van der Waals surface area (Å²) in [6.07, 6.45) is 2.06. The quantitative estimate of drug-likeness (QED) is 0.649. The Balaban J connectivity index is 3.43. The summed E-state index contributed by atoms with van der Waals surface area (Å²) >= 11 is 1.97. The van der Waals surface area contributed by atoms with E-state index in [0.29, 0.717) is 6.04 Å². The summed E-state index contributed by atoms with van der Waals surface area (Å²) in [4.78, 5) is 0.